The van der Waals surface area contributed by atoms with Crippen LogP contribution < -0.4 is 4.39 Å². The molecule has 0 radical (unpaired) electrons. The van der Waals surface area contributed by atoms with Crippen LogP contribution in [0.1, 0.15) is 27.7 Å². The second-order valence-electron chi connectivity index (χ2n) is 4.88. The molecule has 0 saturated carbocycles. The van der Waals surface area contributed by atoms with Crippen LogP contribution in [0.2, 0.25) is 18.1 Å². The minimum atomic E-state index is -3.05. The summed E-state index contributed by atoms with van der Waals surface area (Å²) >= 11 is 0. The average Bonchev–Trinajstić information content (AvgIpc) is 1.83. The Morgan fingerprint density at radius 3 is 1.85 bits per heavy atom. The van der Waals surface area contributed by atoms with Crippen molar-refractivity contribution in [1.82, 2.24) is 4.39 Å². The van der Waals surface area contributed by atoms with E-state index in [0.717, 1.165) is 0 Å². The molecule has 13 heavy (non-hydrogen) atoms. The summed E-state index contributed by atoms with van der Waals surface area (Å²) in [5, 5.41) is 0.0508. The summed E-state index contributed by atoms with van der Waals surface area (Å²) in [5.41, 5.74) is 0. The maximum absolute atomic E-state index is 11.4. The minimum Gasteiger partial charge on any atom is -0.237 e. The van der Waals surface area contributed by atoms with Crippen LogP contribution in [0.15, 0.2) is 0 Å². The fourth-order valence-corrected chi connectivity index (χ4v) is 5.53. The van der Waals surface area contributed by atoms with Crippen molar-refractivity contribution < 1.29 is 8.42 Å². The molecule has 0 unspecified atom stereocenters. The van der Waals surface area contributed by atoms with Crippen LogP contribution in [0.25, 0.3) is 0 Å². The van der Waals surface area contributed by atoms with Gasteiger partial charge in [0.2, 0.25) is 10.0 Å². The smallest absolute Gasteiger partial charge is 0.205 e. The molecule has 80 valence electrons. The average molecular weight is 223 g/mol. The van der Waals surface area contributed by atoms with Gasteiger partial charge in [0.1, 0.15) is 8.24 Å². The Kier molecular flexibility index (Phi) is 3.74. The summed E-state index contributed by atoms with van der Waals surface area (Å²) in [6.07, 6.45) is 0. The normalized spacial score (nSPS) is 14.6. The number of rotatable bonds is 3. The van der Waals surface area contributed by atoms with Crippen LogP contribution in [0.5, 0.6) is 0 Å². The van der Waals surface area contributed by atoms with Crippen LogP contribution in [0.3, 0.4) is 0 Å². The minimum absolute atomic E-state index is 0.0508. The molecule has 0 rings (SSSR count). The van der Waals surface area contributed by atoms with Crippen molar-refractivity contribution in [2.75, 3.05) is 5.75 Å². The van der Waals surface area contributed by atoms with Gasteiger partial charge in [0.05, 0.1) is 5.75 Å². The van der Waals surface area contributed by atoms with E-state index in [1.165, 1.54) is 0 Å². The van der Waals surface area contributed by atoms with Gasteiger partial charge in [0, 0.05) is 0 Å². The lowest BCUT2D eigenvalue weighted by Crippen LogP contribution is -2.54. The van der Waals surface area contributed by atoms with E-state index in [2.05, 4.69) is 25.2 Å². The van der Waals surface area contributed by atoms with Crippen LogP contribution in [0.4, 0.5) is 0 Å². The van der Waals surface area contributed by atoms with E-state index in [-0.39, 0.29) is 10.8 Å². The second-order valence-corrected chi connectivity index (χ2v) is 12.3. The highest BCUT2D eigenvalue weighted by Crippen LogP contribution is 2.34. The van der Waals surface area contributed by atoms with Gasteiger partial charge in [-0.1, -0.05) is 33.9 Å². The molecular weight excluding hydrogens is 202 g/mol. The number of nitrogens with one attached hydrogen (secondary N) is 1. The van der Waals surface area contributed by atoms with Gasteiger partial charge in [-0.25, -0.2) is 12.8 Å². The molecule has 0 bridgehead atoms. The first-order chi connectivity index (χ1) is 5.52. The van der Waals surface area contributed by atoms with Gasteiger partial charge in [-0.2, -0.15) is 0 Å². The van der Waals surface area contributed by atoms with Crippen LogP contribution in [0, 0.1) is 0 Å². The number of sulfonamides is 1. The molecule has 3 nitrogen and oxygen atoms in total. The Hall–Kier alpha value is 0.127. The van der Waals surface area contributed by atoms with E-state index >= 15 is 0 Å². The zero-order valence-electron chi connectivity index (χ0n) is 9.43. The molecular formula is C8H21NO2SSi. The van der Waals surface area contributed by atoms with Gasteiger partial charge < -0.3 is 0 Å². The van der Waals surface area contributed by atoms with Gasteiger partial charge in [-0.15, -0.1) is 0 Å². The van der Waals surface area contributed by atoms with E-state index < -0.39 is 18.3 Å². The molecule has 1 N–H and O–H groups in total. The van der Waals surface area contributed by atoms with E-state index in [9.17, 15) is 8.42 Å². The fraction of sp³-hybridized carbons (Fsp3) is 1.00. The fourth-order valence-electron chi connectivity index (χ4n) is 0.614. The lowest BCUT2D eigenvalue weighted by atomic mass is 10.2. The van der Waals surface area contributed by atoms with Gasteiger partial charge in [-0.05, 0) is 12.0 Å². The van der Waals surface area contributed by atoms with E-state index in [4.69, 9.17) is 0 Å². The highest BCUT2D eigenvalue weighted by molar-refractivity contribution is 7.90. The molecule has 0 saturated heterocycles. The SMILES string of the molecule is CCS(=O)(=O)N[Si](C)(C)C(C)(C)C. The van der Waals surface area contributed by atoms with Gasteiger partial charge >= 0.3 is 0 Å². The molecule has 0 aliphatic carbocycles. The first-order valence-electron chi connectivity index (χ1n) is 4.53. The van der Waals surface area contributed by atoms with Crippen molar-refractivity contribution in [3.8, 4) is 0 Å². The van der Waals surface area contributed by atoms with Crippen molar-refractivity contribution in [1.29, 1.82) is 0 Å². The van der Waals surface area contributed by atoms with Crippen molar-refractivity contribution in [3.05, 3.63) is 0 Å². The molecule has 0 aliphatic heterocycles. The van der Waals surface area contributed by atoms with Crippen molar-refractivity contribution in [2.24, 2.45) is 0 Å². The van der Waals surface area contributed by atoms with Gasteiger partial charge in [0.25, 0.3) is 0 Å². The van der Waals surface area contributed by atoms with Crippen LogP contribution >= 0.6 is 0 Å². The third kappa shape index (κ3) is 3.78. The highest BCUT2D eigenvalue weighted by atomic mass is 32.2. The van der Waals surface area contributed by atoms with Crippen molar-refractivity contribution in [3.63, 3.8) is 0 Å². The van der Waals surface area contributed by atoms with E-state index in [1.54, 1.807) is 6.92 Å². The van der Waals surface area contributed by atoms with E-state index in [0.29, 0.717) is 0 Å². The Bertz CT molecular complexity index is 264. The first-order valence-corrected chi connectivity index (χ1v) is 9.19. The molecule has 0 amide bonds. The molecule has 0 aromatic carbocycles. The molecule has 0 spiro atoms. The predicted octanol–water partition coefficient (Wildman–Crippen LogP) is 1.93. The third-order valence-electron chi connectivity index (χ3n) is 2.67. The third-order valence-corrected chi connectivity index (χ3v) is 10.5. The highest BCUT2D eigenvalue weighted by Gasteiger charge is 2.38. The second kappa shape index (κ2) is 3.71. The zero-order chi connectivity index (χ0) is 10.9. The van der Waals surface area contributed by atoms with Crippen molar-refractivity contribution in [2.45, 2.75) is 45.8 Å². The summed E-state index contributed by atoms with van der Waals surface area (Å²) in [7, 11) is -4.95. The van der Waals surface area contributed by atoms with Crippen LogP contribution in [-0.2, 0) is 10.0 Å². The maximum Gasteiger partial charge on any atom is 0.205 e. The van der Waals surface area contributed by atoms with E-state index in [1.807, 2.05) is 13.1 Å². The zero-order valence-corrected chi connectivity index (χ0v) is 11.2. The molecule has 0 aromatic rings. The molecule has 0 heterocycles. The summed E-state index contributed by atoms with van der Waals surface area (Å²) < 4.78 is 25.6. The Morgan fingerprint density at radius 2 is 1.62 bits per heavy atom. The molecule has 0 aromatic heterocycles. The predicted molar refractivity (Wildman–Crippen MR) is 59.8 cm³/mol. The maximum atomic E-state index is 11.4. The topological polar surface area (TPSA) is 46.2 Å². The largest absolute Gasteiger partial charge is 0.237 e. The van der Waals surface area contributed by atoms with Crippen molar-refractivity contribution >= 4 is 18.3 Å². The monoisotopic (exact) mass is 223 g/mol. The Morgan fingerprint density at radius 1 is 1.23 bits per heavy atom. The number of hydrogen-bond donors (Lipinski definition) is 1. The van der Waals surface area contributed by atoms with Gasteiger partial charge in [0.15, 0.2) is 0 Å². The first kappa shape index (κ1) is 13.1. The number of hydrogen-bond acceptors (Lipinski definition) is 2. The summed E-state index contributed by atoms with van der Waals surface area (Å²) in [6, 6.07) is 0. The quantitative estimate of drug-likeness (QED) is 0.743. The lowest BCUT2D eigenvalue weighted by molar-refractivity contribution is 0.590. The molecule has 0 atom stereocenters. The van der Waals surface area contributed by atoms with Crippen LogP contribution in [-0.4, -0.2) is 22.4 Å². The summed E-state index contributed by atoms with van der Waals surface area (Å²) in [5.74, 6) is 0.166. The van der Waals surface area contributed by atoms with Gasteiger partial charge in [-0.3, -0.25) is 0 Å². The standard InChI is InChI=1S/C8H21NO2SSi/c1-7-12(10,11)9-13(5,6)8(2,3)4/h9H,7H2,1-6H3. The molecule has 0 fully saturated rings. The Labute approximate surface area is 83.1 Å². The lowest BCUT2D eigenvalue weighted by Gasteiger charge is -2.36. The Balaban J connectivity index is 4.72. The molecule has 0 aliphatic rings. The summed E-state index contributed by atoms with van der Waals surface area (Å²) in [4.78, 5) is 0. The molecule has 5 heteroatoms. The summed E-state index contributed by atoms with van der Waals surface area (Å²) in [6.45, 7) is 12.0.